The first-order chi connectivity index (χ1) is 7.91. The van der Waals surface area contributed by atoms with Crippen LogP contribution in [0.25, 0.3) is 0 Å². The second-order valence-corrected chi connectivity index (χ2v) is 5.03. The van der Waals surface area contributed by atoms with Gasteiger partial charge in [-0.3, -0.25) is 0 Å². The zero-order valence-electron chi connectivity index (χ0n) is 10.2. The van der Waals surface area contributed by atoms with Crippen molar-refractivity contribution in [3.8, 4) is 0 Å². The lowest BCUT2D eigenvalue weighted by Gasteiger charge is -2.27. The lowest BCUT2D eigenvalue weighted by Crippen LogP contribution is -2.40. The van der Waals surface area contributed by atoms with Crippen LogP contribution in [-0.4, -0.2) is 30.0 Å². The first-order valence-corrected chi connectivity index (χ1v) is 6.41. The molecule has 2 N–H and O–H groups in total. The van der Waals surface area contributed by atoms with Gasteiger partial charge >= 0.3 is 6.18 Å². The number of hydrogen-bond acceptors (Lipinski definition) is 2. The molecule has 1 aliphatic carbocycles. The Morgan fingerprint density at radius 2 is 1.65 bits per heavy atom. The van der Waals surface area contributed by atoms with E-state index in [-0.39, 0.29) is 6.42 Å². The summed E-state index contributed by atoms with van der Waals surface area (Å²) < 4.78 is 35.7. The molecule has 1 rings (SSSR count). The van der Waals surface area contributed by atoms with Gasteiger partial charge in [-0.1, -0.05) is 25.7 Å². The van der Waals surface area contributed by atoms with Crippen LogP contribution in [-0.2, 0) is 0 Å². The molecule has 2 nitrogen and oxygen atoms in total. The van der Waals surface area contributed by atoms with E-state index in [1.54, 1.807) is 0 Å². The molecule has 0 saturated heterocycles. The van der Waals surface area contributed by atoms with Crippen molar-refractivity contribution in [2.75, 3.05) is 13.1 Å². The van der Waals surface area contributed by atoms with Crippen molar-refractivity contribution in [3.05, 3.63) is 0 Å². The van der Waals surface area contributed by atoms with Gasteiger partial charge in [0.2, 0.25) is 0 Å². The van der Waals surface area contributed by atoms with Gasteiger partial charge in [0, 0.05) is 13.0 Å². The Hall–Kier alpha value is -0.290. The molecule has 0 unspecified atom stereocenters. The predicted molar refractivity (Wildman–Crippen MR) is 60.8 cm³/mol. The lowest BCUT2D eigenvalue weighted by atomic mass is 9.94. The van der Waals surface area contributed by atoms with Crippen molar-refractivity contribution in [2.45, 2.75) is 63.1 Å². The molecule has 1 aliphatic rings. The fraction of sp³-hybridized carbons (Fsp3) is 1.00. The zero-order chi connectivity index (χ0) is 12.8. The van der Waals surface area contributed by atoms with E-state index in [1.165, 1.54) is 0 Å². The fourth-order valence-electron chi connectivity index (χ4n) is 2.30. The quantitative estimate of drug-likeness (QED) is 0.583. The van der Waals surface area contributed by atoms with Crippen molar-refractivity contribution in [1.29, 1.82) is 0 Å². The van der Waals surface area contributed by atoms with Crippen LogP contribution in [0, 0.1) is 0 Å². The number of rotatable bonds is 5. The normalized spacial score (nSPS) is 21.2. The first-order valence-electron chi connectivity index (χ1n) is 6.41. The minimum Gasteiger partial charge on any atom is -0.389 e. The molecule has 0 radical (unpaired) electrons. The molecular formula is C12H22F3NO. The second kappa shape index (κ2) is 6.59. The van der Waals surface area contributed by atoms with Crippen LogP contribution in [0.2, 0.25) is 0 Å². The molecule has 0 bridgehead atoms. The SMILES string of the molecule is OC1(CNCCCC(F)(F)F)CCCCCC1. The van der Waals surface area contributed by atoms with Gasteiger partial charge in [-0.15, -0.1) is 0 Å². The predicted octanol–water partition coefficient (Wildman–Crippen LogP) is 3.00. The minimum atomic E-state index is -4.07. The summed E-state index contributed by atoms with van der Waals surface area (Å²) >= 11 is 0. The zero-order valence-corrected chi connectivity index (χ0v) is 10.2. The number of halogens is 3. The molecule has 1 saturated carbocycles. The van der Waals surface area contributed by atoms with E-state index in [0.29, 0.717) is 13.1 Å². The van der Waals surface area contributed by atoms with Crippen LogP contribution in [0.4, 0.5) is 13.2 Å². The second-order valence-electron chi connectivity index (χ2n) is 5.03. The Bertz CT molecular complexity index is 210. The summed E-state index contributed by atoms with van der Waals surface area (Å²) in [5.74, 6) is 0. The van der Waals surface area contributed by atoms with Crippen LogP contribution in [0.1, 0.15) is 51.4 Å². The average molecular weight is 253 g/mol. The highest BCUT2D eigenvalue weighted by Crippen LogP contribution is 2.26. The lowest BCUT2D eigenvalue weighted by molar-refractivity contribution is -0.135. The van der Waals surface area contributed by atoms with Gasteiger partial charge in [0.25, 0.3) is 0 Å². The highest BCUT2D eigenvalue weighted by molar-refractivity contribution is 4.83. The summed E-state index contributed by atoms with van der Waals surface area (Å²) in [5.41, 5.74) is -0.700. The van der Waals surface area contributed by atoms with Gasteiger partial charge in [-0.2, -0.15) is 13.2 Å². The fourth-order valence-corrected chi connectivity index (χ4v) is 2.30. The number of nitrogens with one attached hydrogen (secondary N) is 1. The standard InChI is InChI=1S/C12H22F3NO/c13-12(14,15)8-5-9-16-10-11(17)6-3-1-2-4-7-11/h16-17H,1-10H2. The Morgan fingerprint density at radius 3 is 2.18 bits per heavy atom. The molecule has 0 aromatic heterocycles. The molecule has 0 heterocycles. The van der Waals surface area contributed by atoms with Crippen molar-refractivity contribution in [1.82, 2.24) is 5.32 Å². The molecule has 0 spiro atoms. The summed E-state index contributed by atoms with van der Waals surface area (Å²) in [6.07, 6.45) is 1.12. The minimum absolute atomic E-state index is 0.0829. The Balaban J connectivity index is 2.12. The summed E-state index contributed by atoms with van der Waals surface area (Å²) in [4.78, 5) is 0. The maximum atomic E-state index is 11.9. The Kier molecular flexibility index (Phi) is 5.73. The monoisotopic (exact) mass is 253 g/mol. The van der Waals surface area contributed by atoms with E-state index in [2.05, 4.69) is 5.32 Å². The van der Waals surface area contributed by atoms with Crippen LogP contribution >= 0.6 is 0 Å². The molecule has 0 amide bonds. The molecular weight excluding hydrogens is 231 g/mol. The third-order valence-electron chi connectivity index (χ3n) is 3.30. The summed E-state index contributed by atoms with van der Waals surface area (Å²) in [6.45, 7) is 0.743. The van der Waals surface area contributed by atoms with Crippen LogP contribution in [0.3, 0.4) is 0 Å². The van der Waals surface area contributed by atoms with Gasteiger partial charge in [-0.25, -0.2) is 0 Å². The topological polar surface area (TPSA) is 32.3 Å². The summed E-state index contributed by atoms with van der Waals surface area (Å²) in [6, 6.07) is 0. The van der Waals surface area contributed by atoms with Gasteiger partial charge in [-0.05, 0) is 25.8 Å². The van der Waals surface area contributed by atoms with E-state index >= 15 is 0 Å². The van der Waals surface area contributed by atoms with Crippen LogP contribution in [0.5, 0.6) is 0 Å². The summed E-state index contributed by atoms with van der Waals surface area (Å²) in [5, 5.41) is 13.2. The highest BCUT2D eigenvalue weighted by atomic mass is 19.4. The van der Waals surface area contributed by atoms with Gasteiger partial charge in [0.1, 0.15) is 0 Å². The maximum Gasteiger partial charge on any atom is 0.389 e. The van der Waals surface area contributed by atoms with E-state index < -0.39 is 18.2 Å². The third-order valence-corrected chi connectivity index (χ3v) is 3.30. The average Bonchev–Trinajstić information content (AvgIpc) is 2.41. The Morgan fingerprint density at radius 1 is 1.06 bits per heavy atom. The van der Waals surface area contributed by atoms with Crippen LogP contribution < -0.4 is 5.32 Å². The number of alkyl halides is 3. The molecule has 0 aliphatic heterocycles. The van der Waals surface area contributed by atoms with Crippen molar-refractivity contribution < 1.29 is 18.3 Å². The van der Waals surface area contributed by atoms with Gasteiger partial charge < -0.3 is 10.4 Å². The van der Waals surface area contributed by atoms with Crippen molar-refractivity contribution >= 4 is 0 Å². The van der Waals surface area contributed by atoms with Crippen molar-refractivity contribution in [3.63, 3.8) is 0 Å². The molecule has 17 heavy (non-hydrogen) atoms. The van der Waals surface area contributed by atoms with Gasteiger partial charge in [0.15, 0.2) is 0 Å². The van der Waals surface area contributed by atoms with E-state index in [0.717, 1.165) is 38.5 Å². The smallest absolute Gasteiger partial charge is 0.389 e. The third kappa shape index (κ3) is 6.88. The Labute approximate surface area is 101 Å². The highest BCUT2D eigenvalue weighted by Gasteiger charge is 2.28. The summed E-state index contributed by atoms with van der Waals surface area (Å²) in [7, 11) is 0. The van der Waals surface area contributed by atoms with Gasteiger partial charge in [0.05, 0.1) is 5.60 Å². The molecule has 1 fully saturated rings. The van der Waals surface area contributed by atoms with Crippen LogP contribution in [0.15, 0.2) is 0 Å². The molecule has 0 atom stereocenters. The number of hydrogen-bond donors (Lipinski definition) is 2. The van der Waals surface area contributed by atoms with E-state index in [4.69, 9.17) is 0 Å². The maximum absolute atomic E-state index is 11.9. The van der Waals surface area contributed by atoms with Crippen molar-refractivity contribution in [2.24, 2.45) is 0 Å². The molecule has 0 aromatic rings. The van der Waals surface area contributed by atoms with E-state index in [9.17, 15) is 18.3 Å². The molecule has 5 heteroatoms. The largest absolute Gasteiger partial charge is 0.389 e. The molecule has 102 valence electrons. The van der Waals surface area contributed by atoms with E-state index in [1.807, 2.05) is 0 Å². The molecule has 0 aromatic carbocycles. The number of aliphatic hydroxyl groups is 1. The first kappa shape index (κ1) is 14.8.